The zero-order chi connectivity index (χ0) is 13.9. The molecule has 20 heavy (non-hydrogen) atoms. The van der Waals surface area contributed by atoms with E-state index in [4.69, 9.17) is 11.6 Å². The van der Waals surface area contributed by atoms with Crippen molar-refractivity contribution in [2.45, 2.75) is 25.4 Å². The normalized spacial score (nSPS) is 19.4. The van der Waals surface area contributed by atoms with Crippen molar-refractivity contribution in [2.75, 3.05) is 6.54 Å². The molecule has 0 aromatic heterocycles. The van der Waals surface area contributed by atoms with Gasteiger partial charge in [0.1, 0.15) is 5.82 Å². The lowest BCUT2D eigenvalue weighted by atomic mass is 10.0. The van der Waals surface area contributed by atoms with Gasteiger partial charge in [-0.3, -0.25) is 4.90 Å². The predicted molar refractivity (Wildman–Crippen MR) is 80.2 cm³/mol. The lowest BCUT2D eigenvalue weighted by Gasteiger charge is -2.25. The van der Waals surface area contributed by atoms with Crippen molar-refractivity contribution in [1.29, 1.82) is 0 Å². The summed E-state index contributed by atoms with van der Waals surface area (Å²) in [6.45, 7) is 1.86. The molecule has 0 bridgehead atoms. The van der Waals surface area contributed by atoms with Crippen LogP contribution < -0.4 is 0 Å². The zero-order valence-corrected chi connectivity index (χ0v) is 12.0. The number of rotatable bonds is 3. The third-order valence-electron chi connectivity index (χ3n) is 3.89. The summed E-state index contributed by atoms with van der Waals surface area (Å²) in [5, 5.41) is 0.767. The maximum absolute atomic E-state index is 13.3. The Kier molecular flexibility index (Phi) is 4.04. The van der Waals surface area contributed by atoms with Crippen LogP contribution >= 0.6 is 11.6 Å². The minimum absolute atomic E-state index is 0.162. The minimum atomic E-state index is -0.162. The molecular formula is C17H17ClFN. The van der Waals surface area contributed by atoms with Crippen molar-refractivity contribution < 1.29 is 4.39 Å². The fourth-order valence-electron chi connectivity index (χ4n) is 2.95. The number of likely N-dealkylation sites (tertiary alicyclic amines) is 1. The fourth-order valence-corrected chi connectivity index (χ4v) is 3.07. The second kappa shape index (κ2) is 5.94. The maximum Gasteiger partial charge on any atom is 0.123 e. The SMILES string of the molecule is Fc1cccc(CN2CCC[C@@H]2c2ccc(Cl)cc2)c1. The van der Waals surface area contributed by atoms with Gasteiger partial charge in [0.25, 0.3) is 0 Å². The molecule has 1 aliphatic rings. The van der Waals surface area contributed by atoms with Gasteiger partial charge in [0.15, 0.2) is 0 Å². The molecule has 0 unspecified atom stereocenters. The van der Waals surface area contributed by atoms with Crippen LogP contribution in [0.5, 0.6) is 0 Å². The minimum Gasteiger partial charge on any atom is -0.292 e. The molecule has 0 amide bonds. The van der Waals surface area contributed by atoms with Gasteiger partial charge in [0.2, 0.25) is 0 Å². The zero-order valence-electron chi connectivity index (χ0n) is 11.2. The van der Waals surface area contributed by atoms with Crippen LogP contribution in [0.15, 0.2) is 48.5 Å². The Morgan fingerprint density at radius 1 is 1.15 bits per heavy atom. The summed E-state index contributed by atoms with van der Waals surface area (Å²) in [6, 6.07) is 15.4. The van der Waals surface area contributed by atoms with Gasteiger partial charge in [-0.05, 0) is 54.8 Å². The predicted octanol–water partition coefficient (Wildman–Crippen LogP) is 4.82. The quantitative estimate of drug-likeness (QED) is 0.783. The van der Waals surface area contributed by atoms with E-state index in [2.05, 4.69) is 17.0 Å². The molecule has 3 heteroatoms. The molecule has 1 fully saturated rings. The van der Waals surface area contributed by atoms with Gasteiger partial charge >= 0.3 is 0 Å². The highest BCUT2D eigenvalue weighted by molar-refractivity contribution is 6.30. The summed E-state index contributed by atoms with van der Waals surface area (Å²) >= 11 is 5.95. The van der Waals surface area contributed by atoms with Crippen molar-refractivity contribution in [2.24, 2.45) is 0 Å². The Morgan fingerprint density at radius 2 is 1.95 bits per heavy atom. The average molecular weight is 290 g/mol. The Morgan fingerprint density at radius 3 is 2.70 bits per heavy atom. The summed E-state index contributed by atoms with van der Waals surface area (Å²) < 4.78 is 13.3. The summed E-state index contributed by atoms with van der Waals surface area (Å²) in [6.07, 6.45) is 2.33. The van der Waals surface area contributed by atoms with Crippen molar-refractivity contribution in [3.63, 3.8) is 0 Å². The smallest absolute Gasteiger partial charge is 0.123 e. The molecule has 0 spiro atoms. The van der Waals surface area contributed by atoms with E-state index >= 15 is 0 Å². The molecule has 0 saturated carbocycles. The second-order valence-corrected chi connectivity index (χ2v) is 5.75. The number of halogens is 2. The first-order valence-electron chi connectivity index (χ1n) is 6.96. The fraction of sp³-hybridized carbons (Fsp3) is 0.294. The standard InChI is InChI=1S/C17H17ClFN/c18-15-8-6-14(7-9-15)17-5-2-10-20(17)12-13-3-1-4-16(19)11-13/h1,3-4,6-9,11,17H,2,5,10,12H2/t17-/m1/s1. The third-order valence-corrected chi connectivity index (χ3v) is 4.15. The number of hydrogen-bond donors (Lipinski definition) is 0. The van der Waals surface area contributed by atoms with E-state index < -0.39 is 0 Å². The Hall–Kier alpha value is -1.38. The molecule has 2 aromatic carbocycles. The highest BCUT2D eigenvalue weighted by Gasteiger charge is 2.25. The molecule has 1 aliphatic heterocycles. The van der Waals surface area contributed by atoms with E-state index in [9.17, 15) is 4.39 Å². The number of benzene rings is 2. The lowest BCUT2D eigenvalue weighted by Crippen LogP contribution is -2.22. The van der Waals surface area contributed by atoms with Crippen LogP contribution in [0.1, 0.15) is 30.0 Å². The molecular weight excluding hydrogens is 273 g/mol. The molecule has 0 radical (unpaired) electrons. The maximum atomic E-state index is 13.3. The van der Waals surface area contributed by atoms with Crippen LogP contribution in [0.3, 0.4) is 0 Å². The van der Waals surface area contributed by atoms with Crippen molar-refractivity contribution in [3.8, 4) is 0 Å². The van der Waals surface area contributed by atoms with Gasteiger partial charge in [-0.1, -0.05) is 35.9 Å². The Balaban J connectivity index is 1.77. The highest BCUT2D eigenvalue weighted by Crippen LogP contribution is 2.33. The van der Waals surface area contributed by atoms with Crippen LogP contribution in [0.25, 0.3) is 0 Å². The van der Waals surface area contributed by atoms with Crippen LogP contribution in [0.2, 0.25) is 5.02 Å². The molecule has 2 aromatic rings. The van der Waals surface area contributed by atoms with Crippen LogP contribution in [0, 0.1) is 5.82 Å². The Labute approximate surface area is 124 Å². The monoisotopic (exact) mass is 289 g/mol. The molecule has 1 heterocycles. The number of nitrogens with zero attached hydrogens (tertiary/aromatic N) is 1. The van der Waals surface area contributed by atoms with E-state index in [1.165, 1.54) is 18.1 Å². The molecule has 104 valence electrons. The average Bonchev–Trinajstić information content (AvgIpc) is 2.88. The summed E-state index contributed by atoms with van der Waals surface area (Å²) in [4.78, 5) is 2.41. The van der Waals surface area contributed by atoms with E-state index in [0.717, 1.165) is 30.1 Å². The third kappa shape index (κ3) is 3.02. The van der Waals surface area contributed by atoms with Gasteiger partial charge in [0.05, 0.1) is 0 Å². The molecule has 1 saturated heterocycles. The van der Waals surface area contributed by atoms with Gasteiger partial charge in [-0.2, -0.15) is 0 Å². The topological polar surface area (TPSA) is 3.24 Å². The number of hydrogen-bond acceptors (Lipinski definition) is 1. The largest absolute Gasteiger partial charge is 0.292 e. The Bertz CT molecular complexity index is 582. The lowest BCUT2D eigenvalue weighted by molar-refractivity contribution is 0.248. The summed E-state index contributed by atoms with van der Waals surface area (Å²) in [7, 11) is 0. The first-order chi connectivity index (χ1) is 9.72. The van der Waals surface area contributed by atoms with Gasteiger partial charge in [-0.25, -0.2) is 4.39 Å². The molecule has 1 nitrogen and oxygen atoms in total. The molecule has 0 N–H and O–H groups in total. The van der Waals surface area contributed by atoms with Crippen molar-refractivity contribution in [3.05, 3.63) is 70.5 Å². The summed E-state index contributed by atoms with van der Waals surface area (Å²) in [5.74, 6) is -0.162. The van der Waals surface area contributed by atoms with Gasteiger partial charge in [0, 0.05) is 17.6 Å². The van der Waals surface area contributed by atoms with Gasteiger partial charge in [-0.15, -0.1) is 0 Å². The van der Waals surface area contributed by atoms with E-state index in [1.807, 2.05) is 18.2 Å². The molecule has 1 atom stereocenters. The van der Waals surface area contributed by atoms with E-state index in [0.29, 0.717) is 6.04 Å². The van der Waals surface area contributed by atoms with Gasteiger partial charge < -0.3 is 0 Å². The van der Waals surface area contributed by atoms with Crippen LogP contribution in [-0.2, 0) is 6.54 Å². The van der Waals surface area contributed by atoms with Crippen LogP contribution in [0.4, 0.5) is 4.39 Å². The molecule has 3 rings (SSSR count). The summed E-state index contributed by atoms with van der Waals surface area (Å²) in [5.41, 5.74) is 2.33. The second-order valence-electron chi connectivity index (χ2n) is 5.31. The van der Waals surface area contributed by atoms with Crippen LogP contribution in [-0.4, -0.2) is 11.4 Å². The molecule has 0 aliphatic carbocycles. The first kappa shape index (κ1) is 13.6. The van der Waals surface area contributed by atoms with Crippen molar-refractivity contribution in [1.82, 2.24) is 4.90 Å². The first-order valence-corrected chi connectivity index (χ1v) is 7.34. The highest BCUT2D eigenvalue weighted by atomic mass is 35.5. The van der Waals surface area contributed by atoms with E-state index in [-0.39, 0.29) is 5.82 Å². The van der Waals surface area contributed by atoms with E-state index in [1.54, 1.807) is 12.1 Å². The van der Waals surface area contributed by atoms with Crippen molar-refractivity contribution >= 4 is 11.6 Å².